The van der Waals surface area contributed by atoms with Crippen molar-refractivity contribution in [2.24, 2.45) is 0 Å². The molecule has 0 bridgehead atoms. The number of aryl methyl sites for hydroxylation is 1. The Morgan fingerprint density at radius 3 is 2.86 bits per heavy atom. The molecule has 1 aromatic carbocycles. The molecular formula is C10H9ClN2O. The standard InChI is InChI=1S/C10H9ClN2O/c1-6-5-13-10(14-6)8-4-7(11)2-3-9(8)12/h2-5H,12H2,1H3. The van der Waals surface area contributed by atoms with Crippen molar-refractivity contribution in [3.8, 4) is 11.5 Å². The van der Waals surface area contributed by atoms with Crippen LogP contribution in [0.2, 0.25) is 5.02 Å². The zero-order valence-electron chi connectivity index (χ0n) is 7.62. The average Bonchev–Trinajstić information content (AvgIpc) is 2.56. The van der Waals surface area contributed by atoms with Crippen LogP contribution in [0, 0.1) is 6.92 Å². The Balaban J connectivity index is 2.55. The van der Waals surface area contributed by atoms with Crippen LogP contribution in [0.4, 0.5) is 5.69 Å². The van der Waals surface area contributed by atoms with Gasteiger partial charge in [-0.2, -0.15) is 0 Å². The van der Waals surface area contributed by atoms with Gasteiger partial charge in [-0.1, -0.05) is 11.6 Å². The summed E-state index contributed by atoms with van der Waals surface area (Å²) >= 11 is 5.85. The number of halogens is 1. The van der Waals surface area contributed by atoms with Gasteiger partial charge in [-0.15, -0.1) is 0 Å². The summed E-state index contributed by atoms with van der Waals surface area (Å²) in [5, 5.41) is 0.616. The van der Waals surface area contributed by atoms with Crippen molar-refractivity contribution >= 4 is 17.3 Å². The number of nitrogens with zero attached hydrogens (tertiary/aromatic N) is 1. The van der Waals surface area contributed by atoms with Crippen molar-refractivity contribution in [1.82, 2.24) is 4.98 Å². The van der Waals surface area contributed by atoms with Crippen LogP contribution in [-0.4, -0.2) is 4.98 Å². The predicted octanol–water partition coefficient (Wildman–Crippen LogP) is 2.89. The van der Waals surface area contributed by atoms with E-state index in [1.54, 1.807) is 24.4 Å². The van der Waals surface area contributed by atoms with E-state index in [1.165, 1.54) is 0 Å². The van der Waals surface area contributed by atoms with Gasteiger partial charge in [-0.3, -0.25) is 0 Å². The molecule has 2 rings (SSSR count). The zero-order valence-corrected chi connectivity index (χ0v) is 8.38. The van der Waals surface area contributed by atoms with Gasteiger partial charge in [0.05, 0.1) is 11.8 Å². The fraction of sp³-hybridized carbons (Fsp3) is 0.100. The number of anilines is 1. The van der Waals surface area contributed by atoms with Crippen LogP contribution in [0.1, 0.15) is 5.76 Å². The summed E-state index contributed by atoms with van der Waals surface area (Å²) in [4.78, 5) is 4.08. The summed E-state index contributed by atoms with van der Waals surface area (Å²) in [6.07, 6.45) is 1.65. The molecule has 1 aromatic heterocycles. The molecule has 0 amide bonds. The Kier molecular flexibility index (Phi) is 2.17. The first kappa shape index (κ1) is 9.09. The fourth-order valence-corrected chi connectivity index (χ4v) is 1.37. The van der Waals surface area contributed by atoms with Gasteiger partial charge in [-0.25, -0.2) is 4.98 Å². The minimum atomic E-state index is 0.502. The molecule has 72 valence electrons. The second kappa shape index (κ2) is 3.35. The van der Waals surface area contributed by atoms with E-state index in [4.69, 9.17) is 21.8 Å². The number of nitrogen functional groups attached to an aromatic ring is 1. The Bertz CT molecular complexity index is 465. The topological polar surface area (TPSA) is 52.0 Å². The Hall–Kier alpha value is -1.48. The molecule has 0 saturated carbocycles. The molecule has 2 N–H and O–H groups in total. The van der Waals surface area contributed by atoms with Gasteiger partial charge in [0.2, 0.25) is 5.89 Å². The molecule has 0 aliphatic heterocycles. The van der Waals surface area contributed by atoms with E-state index < -0.39 is 0 Å². The molecule has 0 aliphatic rings. The number of hydrogen-bond donors (Lipinski definition) is 1. The highest BCUT2D eigenvalue weighted by Crippen LogP contribution is 2.28. The summed E-state index contributed by atoms with van der Waals surface area (Å²) < 4.78 is 5.36. The van der Waals surface area contributed by atoms with E-state index in [2.05, 4.69) is 4.98 Å². The van der Waals surface area contributed by atoms with Crippen molar-refractivity contribution in [3.05, 3.63) is 35.2 Å². The maximum Gasteiger partial charge on any atom is 0.228 e. The molecular weight excluding hydrogens is 200 g/mol. The summed E-state index contributed by atoms with van der Waals surface area (Å²) in [6, 6.07) is 5.20. The van der Waals surface area contributed by atoms with Crippen LogP contribution < -0.4 is 5.73 Å². The maximum atomic E-state index is 5.85. The highest BCUT2D eigenvalue weighted by molar-refractivity contribution is 6.31. The number of aromatic nitrogens is 1. The van der Waals surface area contributed by atoms with Gasteiger partial charge in [0.25, 0.3) is 0 Å². The molecule has 14 heavy (non-hydrogen) atoms. The van der Waals surface area contributed by atoms with Gasteiger partial charge in [0.1, 0.15) is 5.76 Å². The molecule has 1 heterocycles. The van der Waals surface area contributed by atoms with Crippen molar-refractivity contribution in [2.75, 3.05) is 5.73 Å². The smallest absolute Gasteiger partial charge is 0.228 e. The first-order valence-electron chi connectivity index (χ1n) is 4.14. The second-order valence-electron chi connectivity index (χ2n) is 3.01. The van der Waals surface area contributed by atoms with Crippen LogP contribution >= 0.6 is 11.6 Å². The number of rotatable bonds is 1. The molecule has 4 heteroatoms. The molecule has 0 fully saturated rings. The third-order valence-corrected chi connectivity index (χ3v) is 2.10. The van der Waals surface area contributed by atoms with Gasteiger partial charge in [-0.05, 0) is 25.1 Å². The van der Waals surface area contributed by atoms with E-state index in [-0.39, 0.29) is 0 Å². The van der Waals surface area contributed by atoms with E-state index >= 15 is 0 Å². The lowest BCUT2D eigenvalue weighted by atomic mass is 10.2. The Morgan fingerprint density at radius 1 is 1.43 bits per heavy atom. The fourth-order valence-electron chi connectivity index (χ4n) is 1.19. The Morgan fingerprint density at radius 2 is 2.21 bits per heavy atom. The second-order valence-corrected chi connectivity index (χ2v) is 3.44. The lowest BCUT2D eigenvalue weighted by molar-refractivity contribution is 0.543. The zero-order chi connectivity index (χ0) is 10.1. The van der Waals surface area contributed by atoms with Crippen molar-refractivity contribution in [2.45, 2.75) is 6.92 Å². The Labute approximate surface area is 86.5 Å². The summed E-state index contributed by atoms with van der Waals surface area (Å²) in [7, 11) is 0. The van der Waals surface area contributed by atoms with Crippen molar-refractivity contribution in [3.63, 3.8) is 0 Å². The molecule has 0 aliphatic carbocycles. The number of hydrogen-bond acceptors (Lipinski definition) is 3. The minimum Gasteiger partial charge on any atom is -0.441 e. The lowest BCUT2D eigenvalue weighted by Crippen LogP contribution is -1.89. The molecule has 3 nitrogen and oxygen atoms in total. The van der Waals surface area contributed by atoms with Crippen molar-refractivity contribution in [1.29, 1.82) is 0 Å². The van der Waals surface area contributed by atoms with Gasteiger partial charge in [0, 0.05) is 10.7 Å². The number of oxazole rings is 1. The third kappa shape index (κ3) is 1.59. The van der Waals surface area contributed by atoms with E-state index in [9.17, 15) is 0 Å². The average molecular weight is 209 g/mol. The molecule has 0 radical (unpaired) electrons. The molecule has 0 saturated heterocycles. The highest BCUT2D eigenvalue weighted by atomic mass is 35.5. The third-order valence-electron chi connectivity index (χ3n) is 1.87. The number of benzene rings is 1. The first-order chi connectivity index (χ1) is 6.66. The molecule has 0 spiro atoms. The predicted molar refractivity (Wildman–Crippen MR) is 56.1 cm³/mol. The van der Waals surface area contributed by atoms with Crippen LogP contribution in [0.5, 0.6) is 0 Å². The monoisotopic (exact) mass is 208 g/mol. The summed E-state index contributed by atoms with van der Waals surface area (Å²) in [5.74, 6) is 1.25. The first-order valence-corrected chi connectivity index (χ1v) is 4.52. The highest BCUT2D eigenvalue weighted by Gasteiger charge is 2.08. The molecule has 0 unspecified atom stereocenters. The summed E-state index contributed by atoms with van der Waals surface area (Å²) in [6.45, 7) is 1.83. The molecule has 0 atom stereocenters. The normalized spacial score (nSPS) is 10.4. The van der Waals surface area contributed by atoms with Crippen LogP contribution in [0.3, 0.4) is 0 Å². The van der Waals surface area contributed by atoms with Gasteiger partial charge in [0.15, 0.2) is 0 Å². The van der Waals surface area contributed by atoms with Crippen LogP contribution in [0.15, 0.2) is 28.8 Å². The van der Waals surface area contributed by atoms with Gasteiger partial charge < -0.3 is 10.2 Å². The number of nitrogens with two attached hydrogens (primary N) is 1. The quantitative estimate of drug-likeness (QED) is 0.734. The van der Waals surface area contributed by atoms with E-state index in [1.807, 2.05) is 6.92 Å². The summed E-state index contributed by atoms with van der Waals surface area (Å²) in [5.41, 5.74) is 7.11. The largest absolute Gasteiger partial charge is 0.441 e. The van der Waals surface area contributed by atoms with Gasteiger partial charge >= 0.3 is 0 Å². The van der Waals surface area contributed by atoms with Crippen LogP contribution in [0.25, 0.3) is 11.5 Å². The van der Waals surface area contributed by atoms with E-state index in [0.29, 0.717) is 16.6 Å². The SMILES string of the molecule is Cc1cnc(-c2cc(Cl)ccc2N)o1. The van der Waals surface area contributed by atoms with Crippen LogP contribution in [-0.2, 0) is 0 Å². The lowest BCUT2D eigenvalue weighted by Gasteiger charge is -2.01. The maximum absolute atomic E-state index is 5.85. The van der Waals surface area contributed by atoms with Crippen molar-refractivity contribution < 1.29 is 4.42 Å². The van der Waals surface area contributed by atoms with E-state index in [0.717, 1.165) is 11.3 Å². The minimum absolute atomic E-state index is 0.502. The molecule has 2 aromatic rings.